The van der Waals surface area contributed by atoms with Crippen molar-refractivity contribution in [1.82, 2.24) is 0 Å². The maximum atomic E-state index is 11.2. The van der Waals surface area contributed by atoms with E-state index in [1.54, 1.807) is 6.07 Å². The number of halogens is 3. The summed E-state index contributed by atoms with van der Waals surface area (Å²) in [6.07, 6.45) is 0. The first-order chi connectivity index (χ1) is 9.88. The van der Waals surface area contributed by atoms with Gasteiger partial charge < -0.3 is 11.1 Å². The van der Waals surface area contributed by atoms with Crippen LogP contribution in [0.2, 0.25) is 0 Å². The minimum Gasteiger partial charge on any atom is -0.379 e. The van der Waals surface area contributed by atoms with Crippen LogP contribution in [0.3, 0.4) is 0 Å². The third kappa shape index (κ3) is 4.08. The van der Waals surface area contributed by atoms with Gasteiger partial charge in [-0.15, -0.1) is 0 Å². The number of primary amides is 1. The molecule has 0 aliphatic carbocycles. The SMILES string of the molecule is Cc1cc(C(N)=O)ccc1CNc1c(Br)cc(Br)cc1Br. The molecule has 0 atom stereocenters. The lowest BCUT2D eigenvalue weighted by Crippen LogP contribution is -2.12. The number of hydrogen-bond donors (Lipinski definition) is 2. The number of rotatable bonds is 4. The van der Waals surface area contributed by atoms with Crippen LogP contribution in [0, 0.1) is 6.92 Å². The number of anilines is 1. The highest BCUT2D eigenvalue weighted by molar-refractivity contribution is 9.11. The molecular weight excluding hydrogens is 464 g/mol. The van der Waals surface area contributed by atoms with Crippen molar-refractivity contribution in [2.45, 2.75) is 13.5 Å². The molecule has 0 radical (unpaired) electrons. The van der Waals surface area contributed by atoms with Crippen molar-refractivity contribution in [1.29, 1.82) is 0 Å². The molecule has 0 spiro atoms. The third-order valence-corrected chi connectivity index (χ3v) is 4.80. The molecule has 0 fully saturated rings. The molecule has 2 rings (SSSR count). The van der Waals surface area contributed by atoms with Crippen LogP contribution in [-0.2, 0) is 6.54 Å². The molecule has 21 heavy (non-hydrogen) atoms. The Balaban J connectivity index is 2.19. The average molecular weight is 477 g/mol. The summed E-state index contributed by atoms with van der Waals surface area (Å²) in [4.78, 5) is 11.2. The molecule has 3 N–H and O–H groups in total. The van der Waals surface area contributed by atoms with Gasteiger partial charge in [0.25, 0.3) is 0 Å². The van der Waals surface area contributed by atoms with E-state index in [1.807, 2.05) is 31.2 Å². The fourth-order valence-corrected chi connectivity index (χ4v) is 4.48. The van der Waals surface area contributed by atoms with Crippen LogP contribution in [0.5, 0.6) is 0 Å². The number of carbonyl (C=O) groups is 1. The average Bonchev–Trinajstić information content (AvgIpc) is 2.38. The second-order valence-electron chi connectivity index (χ2n) is 4.60. The second kappa shape index (κ2) is 6.94. The van der Waals surface area contributed by atoms with Gasteiger partial charge in [0.1, 0.15) is 0 Å². The molecular formula is C15H13Br3N2O. The number of amides is 1. The first-order valence-corrected chi connectivity index (χ1v) is 8.54. The van der Waals surface area contributed by atoms with Crippen molar-refractivity contribution in [2.75, 3.05) is 5.32 Å². The van der Waals surface area contributed by atoms with E-state index in [1.165, 1.54) is 0 Å². The van der Waals surface area contributed by atoms with Gasteiger partial charge in [0.05, 0.1) is 5.69 Å². The zero-order chi connectivity index (χ0) is 15.6. The molecule has 2 aromatic carbocycles. The predicted octanol–water partition coefficient (Wildman–Crippen LogP) is 4.99. The van der Waals surface area contributed by atoms with Crippen molar-refractivity contribution in [3.63, 3.8) is 0 Å². The Kier molecular flexibility index (Phi) is 5.46. The number of nitrogens with one attached hydrogen (secondary N) is 1. The van der Waals surface area contributed by atoms with E-state index in [4.69, 9.17) is 5.73 Å². The van der Waals surface area contributed by atoms with Gasteiger partial charge in [-0.3, -0.25) is 4.79 Å². The summed E-state index contributed by atoms with van der Waals surface area (Å²) in [5.41, 5.74) is 8.94. The summed E-state index contributed by atoms with van der Waals surface area (Å²) in [5, 5.41) is 3.38. The van der Waals surface area contributed by atoms with E-state index in [9.17, 15) is 4.79 Å². The van der Waals surface area contributed by atoms with Crippen LogP contribution >= 0.6 is 47.8 Å². The van der Waals surface area contributed by atoms with Crippen LogP contribution in [0.4, 0.5) is 5.69 Å². The highest BCUT2D eigenvalue weighted by atomic mass is 79.9. The summed E-state index contributed by atoms with van der Waals surface area (Å²) in [6, 6.07) is 9.44. The zero-order valence-electron chi connectivity index (χ0n) is 11.2. The molecule has 1 amide bonds. The standard InChI is InChI=1S/C15H13Br3N2O/c1-8-4-9(15(19)21)2-3-10(8)7-20-14-12(17)5-11(16)6-13(14)18/h2-6,20H,7H2,1H3,(H2,19,21). The van der Waals surface area contributed by atoms with Gasteiger partial charge in [0.2, 0.25) is 5.91 Å². The van der Waals surface area contributed by atoms with E-state index in [2.05, 4.69) is 53.1 Å². The number of benzene rings is 2. The maximum absolute atomic E-state index is 11.2. The highest BCUT2D eigenvalue weighted by Gasteiger charge is 2.08. The Morgan fingerprint density at radius 1 is 1.14 bits per heavy atom. The fourth-order valence-electron chi connectivity index (χ4n) is 1.94. The van der Waals surface area contributed by atoms with Crippen LogP contribution in [0.1, 0.15) is 21.5 Å². The molecule has 0 saturated carbocycles. The summed E-state index contributed by atoms with van der Waals surface area (Å²) in [6.45, 7) is 2.62. The van der Waals surface area contributed by atoms with Crippen molar-refractivity contribution in [3.05, 3.63) is 60.4 Å². The molecule has 0 aliphatic rings. The van der Waals surface area contributed by atoms with E-state index in [-0.39, 0.29) is 0 Å². The normalized spacial score (nSPS) is 10.5. The van der Waals surface area contributed by atoms with Crippen LogP contribution < -0.4 is 11.1 Å². The first kappa shape index (κ1) is 16.5. The molecule has 0 aliphatic heterocycles. The van der Waals surface area contributed by atoms with Gasteiger partial charge in [-0.2, -0.15) is 0 Å². The molecule has 3 nitrogen and oxygen atoms in total. The van der Waals surface area contributed by atoms with Gasteiger partial charge in [-0.05, 0) is 74.2 Å². The van der Waals surface area contributed by atoms with E-state index < -0.39 is 5.91 Å². The largest absolute Gasteiger partial charge is 0.379 e. The molecule has 0 bridgehead atoms. The summed E-state index contributed by atoms with van der Waals surface area (Å²) >= 11 is 10.5. The van der Waals surface area contributed by atoms with Gasteiger partial charge in [-0.25, -0.2) is 0 Å². The van der Waals surface area contributed by atoms with E-state index in [0.717, 1.165) is 30.2 Å². The number of aryl methyl sites for hydroxylation is 1. The Bertz CT molecular complexity index is 678. The van der Waals surface area contributed by atoms with E-state index >= 15 is 0 Å². The lowest BCUT2D eigenvalue weighted by Gasteiger charge is -2.13. The van der Waals surface area contributed by atoms with Crippen molar-refractivity contribution < 1.29 is 4.79 Å². The molecule has 6 heteroatoms. The summed E-state index contributed by atoms with van der Waals surface area (Å²) < 4.78 is 2.93. The monoisotopic (exact) mass is 474 g/mol. The Labute approximate surface area is 148 Å². The first-order valence-electron chi connectivity index (χ1n) is 6.16. The minimum absolute atomic E-state index is 0.406. The van der Waals surface area contributed by atoms with Crippen LogP contribution in [-0.4, -0.2) is 5.91 Å². The Morgan fingerprint density at radius 3 is 2.29 bits per heavy atom. The van der Waals surface area contributed by atoms with Crippen molar-refractivity contribution in [3.8, 4) is 0 Å². The molecule has 2 aromatic rings. The van der Waals surface area contributed by atoms with Gasteiger partial charge in [0, 0.05) is 25.5 Å². The number of nitrogens with two attached hydrogens (primary N) is 1. The third-order valence-electron chi connectivity index (χ3n) is 3.09. The van der Waals surface area contributed by atoms with Gasteiger partial charge in [-0.1, -0.05) is 22.0 Å². The van der Waals surface area contributed by atoms with Crippen molar-refractivity contribution >= 4 is 59.4 Å². The minimum atomic E-state index is -0.406. The predicted molar refractivity (Wildman–Crippen MR) is 96.6 cm³/mol. The molecule has 0 unspecified atom stereocenters. The zero-order valence-corrected chi connectivity index (χ0v) is 16.0. The lowest BCUT2D eigenvalue weighted by atomic mass is 10.0. The number of carbonyl (C=O) groups excluding carboxylic acids is 1. The van der Waals surface area contributed by atoms with Gasteiger partial charge >= 0.3 is 0 Å². The summed E-state index contributed by atoms with van der Waals surface area (Å²) in [5.74, 6) is -0.406. The number of hydrogen-bond acceptors (Lipinski definition) is 2. The topological polar surface area (TPSA) is 55.1 Å². The quantitative estimate of drug-likeness (QED) is 0.653. The smallest absolute Gasteiger partial charge is 0.248 e. The van der Waals surface area contributed by atoms with Crippen LogP contribution in [0.15, 0.2) is 43.7 Å². The second-order valence-corrected chi connectivity index (χ2v) is 7.23. The van der Waals surface area contributed by atoms with E-state index in [0.29, 0.717) is 12.1 Å². The Hall–Kier alpha value is -0.850. The molecule has 0 aromatic heterocycles. The molecule has 110 valence electrons. The lowest BCUT2D eigenvalue weighted by molar-refractivity contribution is 0.1000. The van der Waals surface area contributed by atoms with Gasteiger partial charge in [0.15, 0.2) is 0 Å². The molecule has 0 saturated heterocycles. The van der Waals surface area contributed by atoms with Crippen LogP contribution in [0.25, 0.3) is 0 Å². The molecule has 0 heterocycles. The Morgan fingerprint density at radius 2 is 1.76 bits per heavy atom. The highest BCUT2D eigenvalue weighted by Crippen LogP contribution is 2.34. The van der Waals surface area contributed by atoms with Crippen molar-refractivity contribution in [2.24, 2.45) is 5.73 Å². The fraction of sp³-hybridized carbons (Fsp3) is 0.133. The summed E-state index contributed by atoms with van der Waals surface area (Å²) in [7, 11) is 0. The maximum Gasteiger partial charge on any atom is 0.248 e.